The summed E-state index contributed by atoms with van der Waals surface area (Å²) in [6, 6.07) is 13.2. The lowest BCUT2D eigenvalue weighted by atomic mass is 10.2. The maximum atomic E-state index is 12.2. The maximum Gasteiger partial charge on any atom is 0.338 e. The Hall–Kier alpha value is -3.53. The number of nitrogens with zero attached hydrogens (tertiary/aromatic N) is 1. The fourth-order valence-corrected chi connectivity index (χ4v) is 2.26. The lowest BCUT2D eigenvalue weighted by molar-refractivity contribution is -0.119. The molecule has 2 rings (SSSR count). The summed E-state index contributed by atoms with van der Waals surface area (Å²) >= 11 is 0. The molecule has 28 heavy (non-hydrogen) atoms. The van der Waals surface area contributed by atoms with E-state index in [0.717, 1.165) is 0 Å². The Labute approximate surface area is 163 Å². The van der Waals surface area contributed by atoms with Crippen LogP contribution >= 0.6 is 0 Å². The van der Waals surface area contributed by atoms with Crippen molar-refractivity contribution in [3.8, 4) is 17.6 Å². The molecule has 0 radical (unpaired) electrons. The number of ether oxygens (including phenoxy) is 3. The van der Waals surface area contributed by atoms with Gasteiger partial charge < -0.3 is 19.5 Å². The number of esters is 1. The second-order valence-electron chi connectivity index (χ2n) is 6.35. The molecule has 0 bridgehead atoms. The van der Waals surface area contributed by atoms with E-state index in [1.165, 1.54) is 13.2 Å². The first kappa shape index (κ1) is 20.8. The normalized spacial score (nSPS) is 10.1. The smallest absolute Gasteiger partial charge is 0.338 e. The van der Waals surface area contributed by atoms with Crippen molar-refractivity contribution in [1.29, 1.82) is 5.26 Å². The third kappa shape index (κ3) is 5.74. The number of carbonyl (C=O) groups is 2. The number of anilines is 1. The van der Waals surface area contributed by atoms with E-state index in [2.05, 4.69) is 5.32 Å². The van der Waals surface area contributed by atoms with Crippen LogP contribution in [0.15, 0.2) is 42.5 Å². The molecule has 0 heterocycles. The highest BCUT2D eigenvalue weighted by Crippen LogP contribution is 2.28. The van der Waals surface area contributed by atoms with Crippen LogP contribution in [-0.2, 0) is 9.53 Å². The Morgan fingerprint density at radius 3 is 2.57 bits per heavy atom. The van der Waals surface area contributed by atoms with Crippen molar-refractivity contribution in [3.05, 3.63) is 53.6 Å². The molecular formula is C21H22N2O5. The minimum atomic E-state index is -0.669. The van der Waals surface area contributed by atoms with Crippen LogP contribution in [-0.4, -0.2) is 32.2 Å². The van der Waals surface area contributed by atoms with Gasteiger partial charge in [0.25, 0.3) is 5.91 Å². The molecule has 0 atom stereocenters. The van der Waals surface area contributed by atoms with E-state index >= 15 is 0 Å². The summed E-state index contributed by atoms with van der Waals surface area (Å²) in [5.74, 6) is 0.0671. The molecule has 2 aromatic rings. The Kier molecular flexibility index (Phi) is 7.40. The highest BCUT2D eigenvalue weighted by atomic mass is 16.5. The first-order chi connectivity index (χ1) is 13.4. The number of para-hydroxylation sites is 1. The second-order valence-corrected chi connectivity index (χ2v) is 6.35. The van der Waals surface area contributed by atoms with Crippen LogP contribution in [0.2, 0.25) is 0 Å². The van der Waals surface area contributed by atoms with Crippen molar-refractivity contribution in [1.82, 2.24) is 0 Å². The maximum absolute atomic E-state index is 12.2. The number of nitriles is 1. The van der Waals surface area contributed by atoms with Crippen LogP contribution in [0.25, 0.3) is 0 Å². The van der Waals surface area contributed by atoms with Gasteiger partial charge in [-0.3, -0.25) is 4.79 Å². The molecule has 0 saturated carbocycles. The predicted octanol–water partition coefficient (Wildman–Crippen LogP) is 3.40. The number of hydrogen-bond acceptors (Lipinski definition) is 6. The van der Waals surface area contributed by atoms with E-state index in [4.69, 9.17) is 19.5 Å². The standard InChI is InChI=1S/C21H22N2O5/c1-14(2)12-27-18-9-8-15(10-19(18)26-3)21(25)28-13-20(24)23-17-7-5-4-6-16(17)11-22/h4-10,14H,12-13H2,1-3H3,(H,23,24). The van der Waals surface area contributed by atoms with E-state index in [1.807, 2.05) is 19.9 Å². The number of benzene rings is 2. The highest BCUT2D eigenvalue weighted by Gasteiger charge is 2.15. The van der Waals surface area contributed by atoms with Gasteiger partial charge in [-0.15, -0.1) is 0 Å². The zero-order valence-corrected chi connectivity index (χ0v) is 16.0. The van der Waals surface area contributed by atoms with Gasteiger partial charge in [-0.05, 0) is 36.2 Å². The fraction of sp³-hybridized carbons (Fsp3) is 0.286. The summed E-state index contributed by atoms with van der Waals surface area (Å²) in [5, 5.41) is 11.6. The summed E-state index contributed by atoms with van der Waals surface area (Å²) in [4.78, 5) is 24.2. The monoisotopic (exact) mass is 382 g/mol. The Balaban J connectivity index is 1.97. The van der Waals surface area contributed by atoms with Gasteiger partial charge in [0.2, 0.25) is 0 Å². The van der Waals surface area contributed by atoms with E-state index in [0.29, 0.717) is 35.3 Å². The Bertz CT molecular complexity index is 887. The molecule has 0 unspecified atom stereocenters. The number of hydrogen-bond donors (Lipinski definition) is 1. The van der Waals surface area contributed by atoms with Crippen LogP contribution in [0.3, 0.4) is 0 Å². The lowest BCUT2D eigenvalue weighted by Gasteiger charge is -2.13. The average Bonchev–Trinajstić information content (AvgIpc) is 2.70. The zero-order valence-electron chi connectivity index (χ0n) is 16.0. The van der Waals surface area contributed by atoms with E-state index in [9.17, 15) is 9.59 Å². The molecular weight excluding hydrogens is 360 g/mol. The van der Waals surface area contributed by atoms with Gasteiger partial charge in [-0.2, -0.15) is 5.26 Å². The van der Waals surface area contributed by atoms with E-state index < -0.39 is 18.5 Å². The fourth-order valence-electron chi connectivity index (χ4n) is 2.26. The van der Waals surface area contributed by atoms with Crippen molar-refractivity contribution in [2.75, 3.05) is 25.6 Å². The van der Waals surface area contributed by atoms with Crippen molar-refractivity contribution in [3.63, 3.8) is 0 Å². The second kappa shape index (κ2) is 9.97. The Morgan fingerprint density at radius 1 is 1.14 bits per heavy atom. The van der Waals surface area contributed by atoms with E-state index in [1.54, 1.807) is 36.4 Å². The minimum absolute atomic E-state index is 0.235. The molecule has 0 aliphatic heterocycles. The highest BCUT2D eigenvalue weighted by molar-refractivity contribution is 5.96. The first-order valence-corrected chi connectivity index (χ1v) is 8.71. The molecule has 2 aromatic carbocycles. The number of carbonyl (C=O) groups excluding carboxylic acids is 2. The van der Waals surface area contributed by atoms with Crippen molar-refractivity contribution in [2.45, 2.75) is 13.8 Å². The molecule has 0 saturated heterocycles. The zero-order chi connectivity index (χ0) is 20.5. The van der Waals surface area contributed by atoms with Crippen LogP contribution in [0.1, 0.15) is 29.8 Å². The summed E-state index contributed by atoms with van der Waals surface area (Å²) in [7, 11) is 1.48. The van der Waals surface area contributed by atoms with Gasteiger partial charge in [0.1, 0.15) is 6.07 Å². The summed E-state index contributed by atoms with van der Waals surface area (Å²) < 4.78 is 15.9. The number of amides is 1. The molecule has 0 fully saturated rings. The molecule has 1 amide bonds. The van der Waals surface area contributed by atoms with Crippen LogP contribution in [0.4, 0.5) is 5.69 Å². The third-order valence-corrected chi connectivity index (χ3v) is 3.63. The third-order valence-electron chi connectivity index (χ3n) is 3.63. The van der Waals surface area contributed by atoms with Crippen LogP contribution in [0.5, 0.6) is 11.5 Å². The van der Waals surface area contributed by atoms with Crippen LogP contribution in [0, 0.1) is 17.2 Å². The largest absolute Gasteiger partial charge is 0.493 e. The number of rotatable bonds is 8. The SMILES string of the molecule is COc1cc(C(=O)OCC(=O)Nc2ccccc2C#N)ccc1OCC(C)C. The number of methoxy groups -OCH3 is 1. The van der Waals surface area contributed by atoms with Crippen molar-refractivity contribution in [2.24, 2.45) is 5.92 Å². The molecule has 0 spiro atoms. The topological polar surface area (TPSA) is 97.6 Å². The van der Waals surface area contributed by atoms with Gasteiger partial charge in [0, 0.05) is 0 Å². The summed E-state index contributed by atoms with van der Waals surface area (Å²) in [6.07, 6.45) is 0. The molecule has 7 nitrogen and oxygen atoms in total. The first-order valence-electron chi connectivity index (χ1n) is 8.71. The average molecular weight is 382 g/mol. The minimum Gasteiger partial charge on any atom is -0.493 e. The van der Waals surface area contributed by atoms with Gasteiger partial charge in [0.15, 0.2) is 18.1 Å². The number of nitrogens with one attached hydrogen (secondary N) is 1. The van der Waals surface area contributed by atoms with Gasteiger partial charge in [0.05, 0.1) is 30.5 Å². The van der Waals surface area contributed by atoms with E-state index in [-0.39, 0.29) is 5.56 Å². The van der Waals surface area contributed by atoms with Crippen molar-refractivity contribution >= 4 is 17.6 Å². The van der Waals surface area contributed by atoms with Gasteiger partial charge in [-0.1, -0.05) is 26.0 Å². The molecule has 146 valence electrons. The predicted molar refractivity (Wildman–Crippen MR) is 103 cm³/mol. The molecule has 0 aliphatic carbocycles. The molecule has 1 N–H and O–H groups in total. The summed E-state index contributed by atoms with van der Waals surface area (Å²) in [5.41, 5.74) is 0.919. The van der Waals surface area contributed by atoms with Crippen LogP contribution < -0.4 is 14.8 Å². The summed E-state index contributed by atoms with van der Waals surface area (Å²) in [6.45, 7) is 4.09. The molecule has 7 heteroatoms. The van der Waals surface area contributed by atoms with Gasteiger partial charge >= 0.3 is 5.97 Å². The quantitative estimate of drug-likeness (QED) is 0.703. The Morgan fingerprint density at radius 2 is 1.89 bits per heavy atom. The lowest BCUT2D eigenvalue weighted by Crippen LogP contribution is -2.21. The van der Waals surface area contributed by atoms with Gasteiger partial charge in [-0.25, -0.2) is 4.79 Å². The molecule has 0 aromatic heterocycles. The molecule has 0 aliphatic rings. The van der Waals surface area contributed by atoms with Crippen molar-refractivity contribution < 1.29 is 23.8 Å².